The molecular weight excluding hydrogens is 268 g/mol. The van der Waals surface area contributed by atoms with E-state index in [0.717, 1.165) is 24.5 Å². The molecule has 0 aromatic heterocycles. The number of hydrogen-bond acceptors (Lipinski definition) is 3. The van der Waals surface area contributed by atoms with Crippen molar-refractivity contribution in [3.8, 4) is 0 Å². The lowest BCUT2D eigenvalue weighted by Gasteiger charge is -2.26. The molecular formula is C16H24N2OS. The molecule has 1 aliphatic heterocycles. The number of amides is 1. The van der Waals surface area contributed by atoms with Gasteiger partial charge in [0.25, 0.3) is 0 Å². The van der Waals surface area contributed by atoms with E-state index in [1.165, 1.54) is 11.1 Å². The predicted molar refractivity (Wildman–Crippen MR) is 85.9 cm³/mol. The minimum Gasteiger partial charge on any atom is -0.354 e. The first-order valence-electron chi connectivity index (χ1n) is 7.39. The maximum atomic E-state index is 11.7. The molecule has 1 aliphatic rings. The molecule has 0 saturated heterocycles. The fourth-order valence-electron chi connectivity index (χ4n) is 2.36. The Kier molecular flexibility index (Phi) is 5.92. The van der Waals surface area contributed by atoms with Crippen molar-refractivity contribution in [1.29, 1.82) is 0 Å². The Morgan fingerprint density at radius 3 is 3.05 bits per heavy atom. The van der Waals surface area contributed by atoms with Crippen molar-refractivity contribution >= 4 is 17.7 Å². The summed E-state index contributed by atoms with van der Waals surface area (Å²) in [7, 11) is 0. The van der Waals surface area contributed by atoms with Gasteiger partial charge in [0.05, 0.1) is 0 Å². The molecule has 0 bridgehead atoms. The molecule has 1 heterocycles. The zero-order valence-corrected chi connectivity index (χ0v) is 13.1. The average molecular weight is 292 g/mol. The quantitative estimate of drug-likeness (QED) is 0.847. The van der Waals surface area contributed by atoms with Crippen molar-refractivity contribution in [1.82, 2.24) is 10.6 Å². The zero-order chi connectivity index (χ0) is 14.4. The predicted octanol–water partition coefficient (Wildman–Crippen LogP) is 2.87. The molecule has 2 N–H and O–H groups in total. The Morgan fingerprint density at radius 1 is 1.45 bits per heavy atom. The van der Waals surface area contributed by atoms with Crippen LogP contribution in [0.5, 0.6) is 0 Å². The number of thioether (sulfide) groups is 1. The van der Waals surface area contributed by atoms with Crippen LogP contribution in [0.1, 0.15) is 43.9 Å². The lowest BCUT2D eigenvalue weighted by Crippen LogP contribution is -2.35. The van der Waals surface area contributed by atoms with Crippen LogP contribution in [0.15, 0.2) is 24.3 Å². The van der Waals surface area contributed by atoms with Crippen LogP contribution in [0, 0.1) is 0 Å². The molecule has 0 radical (unpaired) electrons. The summed E-state index contributed by atoms with van der Waals surface area (Å²) in [6, 6.07) is 9.24. The third kappa shape index (κ3) is 4.25. The number of fused-ring (bicyclic) bond motifs is 1. The van der Waals surface area contributed by atoms with Crippen LogP contribution in [-0.2, 0) is 10.5 Å². The third-order valence-corrected chi connectivity index (χ3v) is 4.82. The molecule has 2 rings (SSSR count). The van der Waals surface area contributed by atoms with E-state index in [1.807, 2.05) is 18.7 Å². The number of carbonyl (C=O) groups excluding carboxylic acids is 1. The van der Waals surface area contributed by atoms with Crippen molar-refractivity contribution in [2.24, 2.45) is 0 Å². The molecule has 2 atom stereocenters. The van der Waals surface area contributed by atoms with Crippen LogP contribution < -0.4 is 10.6 Å². The Morgan fingerprint density at radius 2 is 2.25 bits per heavy atom. The first kappa shape index (κ1) is 15.4. The number of rotatable bonds is 6. The second-order valence-corrected chi connectivity index (χ2v) is 6.38. The van der Waals surface area contributed by atoms with Gasteiger partial charge in [0.2, 0.25) is 5.91 Å². The van der Waals surface area contributed by atoms with Gasteiger partial charge < -0.3 is 10.6 Å². The summed E-state index contributed by atoms with van der Waals surface area (Å²) in [5.74, 6) is 2.33. The summed E-state index contributed by atoms with van der Waals surface area (Å²) in [4.78, 5) is 11.7. The maximum Gasteiger partial charge on any atom is 0.221 e. The van der Waals surface area contributed by atoms with Gasteiger partial charge >= 0.3 is 0 Å². The van der Waals surface area contributed by atoms with E-state index < -0.39 is 0 Å². The number of hydrogen-bond donors (Lipinski definition) is 2. The summed E-state index contributed by atoms with van der Waals surface area (Å²) >= 11 is 1.96. The molecule has 1 aromatic carbocycles. The molecule has 4 heteroatoms. The standard InChI is InChI=1S/C16H24N2OS/c1-3-12(2)18-16(19)8-9-17-15-11-20-10-13-6-4-5-7-14(13)15/h4-7,12,15,17H,3,8-11H2,1-2H3,(H,18,19). The van der Waals surface area contributed by atoms with Crippen LogP contribution in [0.25, 0.3) is 0 Å². The number of benzene rings is 1. The number of carbonyl (C=O) groups is 1. The Hall–Kier alpha value is -1.00. The first-order chi connectivity index (χ1) is 9.70. The summed E-state index contributed by atoms with van der Waals surface area (Å²) < 4.78 is 0. The van der Waals surface area contributed by atoms with Gasteiger partial charge in [-0.2, -0.15) is 11.8 Å². The van der Waals surface area contributed by atoms with Gasteiger partial charge in [0.15, 0.2) is 0 Å². The molecule has 2 unspecified atom stereocenters. The topological polar surface area (TPSA) is 41.1 Å². The van der Waals surface area contributed by atoms with E-state index >= 15 is 0 Å². The van der Waals surface area contributed by atoms with Gasteiger partial charge in [-0.15, -0.1) is 0 Å². The minimum absolute atomic E-state index is 0.142. The monoisotopic (exact) mass is 292 g/mol. The van der Waals surface area contributed by atoms with Crippen molar-refractivity contribution < 1.29 is 4.79 Å². The van der Waals surface area contributed by atoms with E-state index in [-0.39, 0.29) is 11.9 Å². The van der Waals surface area contributed by atoms with Gasteiger partial charge in [-0.05, 0) is 24.5 Å². The summed E-state index contributed by atoms with van der Waals surface area (Å²) in [6.07, 6.45) is 1.53. The molecule has 1 amide bonds. The normalized spacial score (nSPS) is 19.2. The maximum absolute atomic E-state index is 11.7. The second kappa shape index (κ2) is 7.70. The van der Waals surface area contributed by atoms with Gasteiger partial charge in [0, 0.05) is 36.6 Å². The van der Waals surface area contributed by atoms with Gasteiger partial charge in [-0.1, -0.05) is 31.2 Å². The summed E-state index contributed by atoms with van der Waals surface area (Å²) in [5.41, 5.74) is 2.82. The molecule has 0 aliphatic carbocycles. The molecule has 3 nitrogen and oxygen atoms in total. The van der Waals surface area contributed by atoms with Crippen LogP contribution in [0.2, 0.25) is 0 Å². The number of nitrogens with one attached hydrogen (secondary N) is 2. The Bertz CT molecular complexity index is 450. The van der Waals surface area contributed by atoms with Crippen LogP contribution in [0.4, 0.5) is 0 Å². The molecule has 0 saturated carbocycles. The smallest absolute Gasteiger partial charge is 0.221 e. The Labute approximate surface area is 125 Å². The lowest BCUT2D eigenvalue weighted by atomic mass is 10.0. The van der Waals surface area contributed by atoms with Crippen molar-refractivity contribution in [2.45, 2.75) is 44.5 Å². The minimum atomic E-state index is 0.142. The highest BCUT2D eigenvalue weighted by atomic mass is 32.2. The SMILES string of the molecule is CCC(C)NC(=O)CCNC1CSCc2ccccc21. The second-order valence-electron chi connectivity index (χ2n) is 5.35. The molecule has 0 spiro atoms. The van der Waals surface area contributed by atoms with E-state index in [1.54, 1.807) is 0 Å². The highest BCUT2D eigenvalue weighted by molar-refractivity contribution is 7.98. The van der Waals surface area contributed by atoms with Crippen LogP contribution in [-0.4, -0.2) is 24.2 Å². The van der Waals surface area contributed by atoms with Crippen LogP contribution in [0.3, 0.4) is 0 Å². The highest BCUT2D eigenvalue weighted by Crippen LogP contribution is 2.31. The zero-order valence-electron chi connectivity index (χ0n) is 12.3. The highest BCUT2D eigenvalue weighted by Gasteiger charge is 2.19. The van der Waals surface area contributed by atoms with E-state index in [9.17, 15) is 4.79 Å². The molecule has 1 aromatic rings. The van der Waals surface area contributed by atoms with Gasteiger partial charge in [-0.25, -0.2) is 0 Å². The average Bonchev–Trinajstić information content (AvgIpc) is 2.47. The van der Waals surface area contributed by atoms with Gasteiger partial charge in [-0.3, -0.25) is 4.79 Å². The summed E-state index contributed by atoms with van der Waals surface area (Å²) in [6.45, 7) is 4.86. The first-order valence-corrected chi connectivity index (χ1v) is 8.54. The van der Waals surface area contributed by atoms with Crippen molar-refractivity contribution in [3.05, 3.63) is 35.4 Å². The van der Waals surface area contributed by atoms with E-state index in [0.29, 0.717) is 12.5 Å². The molecule has 20 heavy (non-hydrogen) atoms. The largest absolute Gasteiger partial charge is 0.354 e. The molecule has 110 valence electrons. The Balaban J connectivity index is 1.79. The fourth-order valence-corrected chi connectivity index (χ4v) is 3.49. The van der Waals surface area contributed by atoms with E-state index in [4.69, 9.17) is 0 Å². The summed E-state index contributed by atoms with van der Waals surface area (Å²) in [5, 5.41) is 6.52. The van der Waals surface area contributed by atoms with Gasteiger partial charge in [0.1, 0.15) is 0 Å². The van der Waals surface area contributed by atoms with Crippen molar-refractivity contribution in [3.63, 3.8) is 0 Å². The van der Waals surface area contributed by atoms with Crippen molar-refractivity contribution in [2.75, 3.05) is 12.3 Å². The molecule has 0 fully saturated rings. The van der Waals surface area contributed by atoms with E-state index in [2.05, 4.69) is 41.8 Å². The fraction of sp³-hybridized carbons (Fsp3) is 0.562. The van der Waals surface area contributed by atoms with Crippen LogP contribution >= 0.6 is 11.8 Å². The lowest BCUT2D eigenvalue weighted by molar-refractivity contribution is -0.121. The third-order valence-electron chi connectivity index (χ3n) is 3.74.